The highest BCUT2D eigenvalue weighted by Crippen LogP contribution is 2.24. The number of hydrogen-bond donors (Lipinski definition) is 1. The third-order valence-electron chi connectivity index (χ3n) is 4.29. The van der Waals surface area contributed by atoms with Crippen LogP contribution in [0.5, 0.6) is 0 Å². The molecule has 1 amide bonds. The zero-order valence-electron chi connectivity index (χ0n) is 15.6. The molecule has 0 saturated carbocycles. The number of benzene rings is 2. The molecule has 28 heavy (non-hydrogen) atoms. The van der Waals surface area contributed by atoms with Crippen molar-refractivity contribution in [3.63, 3.8) is 0 Å². The Labute approximate surface area is 162 Å². The van der Waals surface area contributed by atoms with Gasteiger partial charge in [0.2, 0.25) is 0 Å². The third kappa shape index (κ3) is 4.10. The van der Waals surface area contributed by atoms with E-state index >= 15 is 0 Å². The van der Waals surface area contributed by atoms with Crippen molar-refractivity contribution in [3.05, 3.63) is 71.4 Å². The van der Waals surface area contributed by atoms with Crippen LogP contribution in [0.25, 0.3) is 17.0 Å². The van der Waals surface area contributed by atoms with Crippen LogP contribution in [0.2, 0.25) is 0 Å². The van der Waals surface area contributed by atoms with Gasteiger partial charge in [-0.05, 0) is 36.8 Å². The molecule has 2 aromatic carbocycles. The lowest BCUT2D eigenvalue weighted by Gasteiger charge is -2.05. The smallest absolute Gasteiger partial charge is 0.325 e. The van der Waals surface area contributed by atoms with Gasteiger partial charge in [-0.1, -0.05) is 30.3 Å². The number of anilines is 1. The number of fused-ring (bicyclic) bond motifs is 1. The summed E-state index contributed by atoms with van der Waals surface area (Å²) >= 11 is 0. The normalized spacial score (nSPS) is 11.1. The number of hydrogen-bond acceptors (Lipinski definition) is 4. The van der Waals surface area contributed by atoms with E-state index in [0.29, 0.717) is 11.3 Å². The minimum atomic E-state index is -0.488. The number of methoxy groups -OCH3 is 1. The van der Waals surface area contributed by atoms with Crippen LogP contribution in [-0.2, 0) is 20.9 Å². The first-order valence-corrected chi connectivity index (χ1v) is 8.66. The standard InChI is InChI=1S/C22H19N3O3/c1-15-6-5-7-18(10-15)24-22(27)16(12-23)11-17-13-25(14-21(26)28-2)20-9-4-3-8-19(17)20/h3-11,13H,14H2,1-2H3,(H,24,27)/b16-11-. The van der Waals surface area contributed by atoms with Crippen LogP contribution in [0.4, 0.5) is 5.69 Å². The topological polar surface area (TPSA) is 84.1 Å². The average molecular weight is 373 g/mol. The molecular weight excluding hydrogens is 354 g/mol. The monoisotopic (exact) mass is 373 g/mol. The Hall–Kier alpha value is -3.85. The maximum Gasteiger partial charge on any atom is 0.325 e. The van der Waals surface area contributed by atoms with Crippen LogP contribution < -0.4 is 5.32 Å². The Bertz CT molecular complexity index is 1120. The highest BCUT2D eigenvalue weighted by molar-refractivity contribution is 6.10. The highest BCUT2D eigenvalue weighted by atomic mass is 16.5. The summed E-state index contributed by atoms with van der Waals surface area (Å²) in [5, 5.41) is 13.1. The van der Waals surface area contributed by atoms with E-state index in [9.17, 15) is 14.9 Å². The fourth-order valence-corrected chi connectivity index (χ4v) is 2.95. The number of aryl methyl sites for hydroxylation is 1. The van der Waals surface area contributed by atoms with E-state index < -0.39 is 5.91 Å². The van der Waals surface area contributed by atoms with Crippen LogP contribution in [-0.4, -0.2) is 23.6 Å². The number of nitriles is 1. The molecule has 6 heteroatoms. The molecule has 1 aromatic heterocycles. The van der Waals surface area contributed by atoms with Gasteiger partial charge >= 0.3 is 5.97 Å². The Morgan fingerprint density at radius 1 is 1.21 bits per heavy atom. The summed E-state index contributed by atoms with van der Waals surface area (Å²) < 4.78 is 6.47. The van der Waals surface area contributed by atoms with E-state index in [1.54, 1.807) is 16.8 Å². The highest BCUT2D eigenvalue weighted by Gasteiger charge is 2.14. The van der Waals surface area contributed by atoms with Crippen molar-refractivity contribution in [1.29, 1.82) is 5.26 Å². The maximum atomic E-state index is 12.5. The van der Waals surface area contributed by atoms with E-state index in [-0.39, 0.29) is 18.1 Å². The van der Waals surface area contributed by atoms with Crippen molar-refractivity contribution in [2.75, 3.05) is 12.4 Å². The van der Waals surface area contributed by atoms with E-state index in [1.165, 1.54) is 13.2 Å². The minimum absolute atomic E-state index is 0.0255. The second-order valence-electron chi connectivity index (χ2n) is 6.30. The first kappa shape index (κ1) is 18.9. The number of amides is 1. The summed E-state index contributed by atoms with van der Waals surface area (Å²) in [5.74, 6) is -0.869. The lowest BCUT2D eigenvalue weighted by Crippen LogP contribution is -2.13. The number of aromatic nitrogens is 1. The minimum Gasteiger partial charge on any atom is -0.468 e. The van der Waals surface area contributed by atoms with Crippen LogP contribution >= 0.6 is 0 Å². The van der Waals surface area contributed by atoms with Crippen LogP contribution in [0, 0.1) is 18.3 Å². The summed E-state index contributed by atoms with van der Waals surface area (Å²) in [5.41, 5.74) is 3.10. The predicted octanol–water partition coefficient (Wildman–Crippen LogP) is 3.67. The van der Waals surface area contributed by atoms with Gasteiger partial charge in [-0.2, -0.15) is 5.26 Å². The molecule has 0 unspecified atom stereocenters. The molecule has 0 aliphatic carbocycles. The zero-order valence-corrected chi connectivity index (χ0v) is 15.6. The quantitative estimate of drug-likeness (QED) is 0.420. The number of rotatable bonds is 5. The molecule has 0 atom stereocenters. The molecule has 0 radical (unpaired) electrons. The molecule has 140 valence electrons. The number of carbonyl (C=O) groups is 2. The van der Waals surface area contributed by atoms with Crippen molar-refractivity contribution in [1.82, 2.24) is 4.57 Å². The molecule has 0 fully saturated rings. The molecule has 1 heterocycles. The Balaban J connectivity index is 1.96. The Kier molecular flexibility index (Phi) is 5.56. The first-order chi connectivity index (χ1) is 13.5. The largest absolute Gasteiger partial charge is 0.468 e. The lowest BCUT2D eigenvalue weighted by atomic mass is 10.1. The van der Waals surface area contributed by atoms with E-state index in [4.69, 9.17) is 4.74 Å². The van der Waals surface area contributed by atoms with E-state index in [1.807, 2.05) is 55.5 Å². The number of nitrogens with zero attached hydrogens (tertiary/aromatic N) is 2. The van der Waals surface area contributed by atoms with Gasteiger partial charge in [-0.15, -0.1) is 0 Å². The molecular formula is C22H19N3O3. The van der Waals surface area contributed by atoms with Gasteiger partial charge in [0.15, 0.2) is 0 Å². The molecule has 0 aliphatic heterocycles. The average Bonchev–Trinajstić information content (AvgIpc) is 3.03. The van der Waals surface area contributed by atoms with Gasteiger partial charge in [0.25, 0.3) is 5.91 Å². The predicted molar refractivity (Wildman–Crippen MR) is 107 cm³/mol. The second kappa shape index (κ2) is 8.23. The summed E-state index contributed by atoms with van der Waals surface area (Å²) in [4.78, 5) is 24.2. The summed E-state index contributed by atoms with van der Waals surface area (Å²) in [6, 6.07) is 16.8. The number of esters is 1. The van der Waals surface area contributed by atoms with Crippen LogP contribution in [0.1, 0.15) is 11.1 Å². The van der Waals surface area contributed by atoms with Crippen LogP contribution in [0.3, 0.4) is 0 Å². The van der Waals surface area contributed by atoms with E-state index in [0.717, 1.165) is 16.5 Å². The second-order valence-corrected chi connectivity index (χ2v) is 6.30. The number of nitrogens with one attached hydrogen (secondary N) is 1. The molecule has 3 rings (SSSR count). The fourth-order valence-electron chi connectivity index (χ4n) is 2.95. The number of para-hydroxylation sites is 1. The summed E-state index contributed by atoms with van der Waals surface area (Å²) in [6.07, 6.45) is 3.26. The summed E-state index contributed by atoms with van der Waals surface area (Å²) in [7, 11) is 1.33. The molecule has 3 aromatic rings. The van der Waals surface area contributed by atoms with Crippen molar-refractivity contribution in [2.24, 2.45) is 0 Å². The van der Waals surface area contributed by atoms with E-state index in [2.05, 4.69) is 5.32 Å². The SMILES string of the molecule is COC(=O)Cn1cc(/C=C(/C#N)C(=O)Nc2cccc(C)c2)c2ccccc21. The number of ether oxygens (including phenoxy) is 1. The van der Waals surface area contributed by atoms with Crippen molar-refractivity contribution >= 4 is 34.5 Å². The Morgan fingerprint density at radius 3 is 2.71 bits per heavy atom. The third-order valence-corrected chi connectivity index (χ3v) is 4.29. The molecule has 0 bridgehead atoms. The molecule has 0 saturated heterocycles. The first-order valence-electron chi connectivity index (χ1n) is 8.66. The maximum absolute atomic E-state index is 12.5. The molecule has 6 nitrogen and oxygen atoms in total. The molecule has 1 N–H and O–H groups in total. The Morgan fingerprint density at radius 2 is 2.00 bits per heavy atom. The number of carbonyl (C=O) groups excluding carboxylic acids is 2. The molecule has 0 spiro atoms. The van der Waals surface area contributed by atoms with Gasteiger partial charge < -0.3 is 14.6 Å². The molecule has 0 aliphatic rings. The summed E-state index contributed by atoms with van der Waals surface area (Å²) in [6.45, 7) is 1.97. The van der Waals surface area contributed by atoms with Gasteiger partial charge in [-0.3, -0.25) is 9.59 Å². The fraction of sp³-hybridized carbons (Fsp3) is 0.136. The van der Waals surface area contributed by atoms with Gasteiger partial charge in [-0.25, -0.2) is 0 Å². The van der Waals surface area contributed by atoms with Gasteiger partial charge in [0, 0.05) is 28.4 Å². The van der Waals surface area contributed by atoms with Gasteiger partial charge in [0.1, 0.15) is 18.2 Å². The van der Waals surface area contributed by atoms with Crippen molar-refractivity contribution < 1.29 is 14.3 Å². The van der Waals surface area contributed by atoms with Crippen LogP contribution in [0.15, 0.2) is 60.3 Å². The van der Waals surface area contributed by atoms with Crippen molar-refractivity contribution in [2.45, 2.75) is 13.5 Å². The van der Waals surface area contributed by atoms with Crippen molar-refractivity contribution in [3.8, 4) is 6.07 Å². The lowest BCUT2D eigenvalue weighted by molar-refractivity contribution is -0.141. The van der Waals surface area contributed by atoms with Gasteiger partial charge in [0.05, 0.1) is 7.11 Å². The zero-order chi connectivity index (χ0) is 20.1.